The van der Waals surface area contributed by atoms with Crippen molar-refractivity contribution in [2.45, 2.75) is 20.0 Å². The van der Waals surface area contributed by atoms with Gasteiger partial charge in [-0.15, -0.1) is 11.3 Å². The van der Waals surface area contributed by atoms with Crippen LogP contribution in [0.4, 0.5) is 0 Å². The van der Waals surface area contributed by atoms with Gasteiger partial charge in [0.15, 0.2) is 0 Å². The van der Waals surface area contributed by atoms with Crippen molar-refractivity contribution in [3.63, 3.8) is 0 Å². The van der Waals surface area contributed by atoms with Crippen LogP contribution in [0.1, 0.15) is 18.7 Å². The third-order valence-corrected chi connectivity index (χ3v) is 4.01. The third-order valence-electron chi connectivity index (χ3n) is 2.16. The predicted octanol–water partition coefficient (Wildman–Crippen LogP) is 4.23. The number of halogens is 1. The maximum Gasteiger partial charge on any atom is 0.139 e. The molecular weight excluding hydrogens is 312 g/mol. The lowest BCUT2D eigenvalue weighted by Crippen LogP contribution is -2.05. The molecule has 92 valence electrons. The molecule has 2 rings (SSSR count). The molecule has 0 aliphatic carbocycles. The average Bonchev–Trinajstić information content (AvgIpc) is 2.71. The first-order valence-corrected chi connectivity index (χ1v) is 7.04. The second-order valence-corrected chi connectivity index (χ2v) is 5.69. The lowest BCUT2D eigenvalue weighted by Gasteiger charge is -2.09. The van der Waals surface area contributed by atoms with Crippen molar-refractivity contribution in [1.29, 1.82) is 5.26 Å². The largest absolute Gasteiger partial charge is 0.491 e. The number of hydrogen-bond donors (Lipinski definition) is 0. The van der Waals surface area contributed by atoms with E-state index in [-0.39, 0.29) is 6.10 Å². The highest BCUT2D eigenvalue weighted by molar-refractivity contribution is 9.10. The monoisotopic (exact) mass is 322 g/mol. The number of nitriles is 1. The van der Waals surface area contributed by atoms with Crippen molar-refractivity contribution in [1.82, 2.24) is 4.98 Å². The summed E-state index contributed by atoms with van der Waals surface area (Å²) in [4.78, 5) is 4.90. The van der Waals surface area contributed by atoms with Crippen LogP contribution in [0, 0.1) is 11.3 Å². The van der Waals surface area contributed by atoms with E-state index in [0.717, 1.165) is 16.3 Å². The van der Waals surface area contributed by atoms with Gasteiger partial charge in [0.05, 0.1) is 6.10 Å². The van der Waals surface area contributed by atoms with Gasteiger partial charge in [0, 0.05) is 5.56 Å². The van der Waals surface area contributed by atoms with Crippen LogP contribution in [0.15, 0.2) is 28.9 Å². The molecule has 3 nitrogen and oxygen atoms in total. The zero-order chi connectivity index (χ0) is 13.1. The number of thiazole rings is 1. The van der Waals surface area contributed by atoms with Gasteiger partial charge >= 0.3 is 0 Å². The van der Waals surface area contributed by atoms with Crippen LogP contribution in [-0.4, -0.2) is 11.1 Å². The van der Waals surface area contributed by atoms with Crippen molar-refractivity contribution in [3.8, 4) is 22.4 Å². The predicted molar refractivity (Wildman–Crippen MR) is 75.7 cm³/mol. The maximum absolute atomic E-state index is 8.89. The molecule has 0 unspecified atom stereocenters. The molecule has 18 heavy (non-hydrogen) atoms. The highest BCUT2D eigenvalue weighted by atomic mass is 79.9. The second kappa shape index (κ2) is 5.51. The Hall–Kier alpha value is -1.38. The van der Waals surface area contributed by atoms with Gasteiger partial charge in [0.25, 0.3) is 0 Å². The van der Waals surface area contributed by atoms with Crippen molar-refractivity contribution in [2.75, 3.05) is 0 Å². The summed E-state index contributed by atoms with van der Waals surface area (Å²) in [5.41, 5.74) is 0.985. The summed E-state index contributed by atoms with van der Waals surface area (Å²) < 4.78 is 6.18. The molecule has 0 aliphatic heterocycles. The molecule has 0 bridgehead atoms. The Kier molecular flexibility index (Phi) is 4.00. The van der Waals surface area contributed by atoms with Crippen LogP contribution in [0.25, 0.3) is 10.6 Å². The second-order valence-electron chi connectivity index (χ2n) is 3.94. The van der Waals surface area contributed by atoms with Crippen LogP contribution in [-0.2, 0) is 0 Å². The van der Waals surface area contributed by atoms with Gasteiger partial charge in [-0.1, -0.05) is 0 Å². The Bertz CT molecular complexity index is 584. The van der Waals surface area contributed by atoms with Gasteiger partial charge in [-0.2, -0.15) is 5.26 Å². The minimum atomic E-state index is 0.162. The van der Waals surface area contributed by atoms with E-state index in [1.807, 2.05) is 38.1 Å². The van der Waals surface area contributed by atoms with Gasteiger partial charge in [0.1, 0.15) is 26.3 Å². The van der Waals surface area contributed by atoms with Crippen LogP contribution >= 0.6 is 27.3 Å². The molecule has 1 heterocycles. The van der Waals surface area contributed by atoms with E-state index in [1.165, 1.54) is 11.3 Å². The van der Waals surface area contributed by atoms with Crippen LogP contribution in [0.3, 0.4) is 0 Å². The number of aromatic nitrogens is 1. The van der Waals surface area contributed by atoms with Crippen LogP contribution < -0.4 is 4.74 Å². The Balaban J connectivity index is 2.26. The average molecular weight is 323 g/mol. The van der Waals surface area contributed by atoms with Crippen molar-refractivity contribution in [3.05, 3.63) is 33.7 Å². The van der Waals surface area contributed by atoms with E-state index in [1.54, 1.807) is 0 Å². The number of rotatable bonds is 3. The smallest absolute Gasteiger partial charge is 0.139 e. The van der Waals surface area contributed by atoms with Gasteiger partial charge in [-0.25, -0.2) is 4.98 Å². The van der Waals surface area contributed by atoms with E-state index in [0.29, 0.717) is 9.48 Å². The Morgan fingerprint density at radius 2 is 2.00 bits per heavy atom. The molecule has 0 saturated heterocycles. The topological polar surface area (TPSA) is 45.9 Å². The summed E-state index contributed by atoms with van der Waals surface area (Å²) in [7, 11) is 0. The molecule has 5 heteroatoms. The molecule has 0 radical (unpaired) electrons. The first-order valence-electron chi connectivity index (χ1n) is 5.43. The Morgan fingerprint density at radius 1 is 1.33 bits per heavy atom. The fourth-order valence-electron chi connectivity index (χ4n) is 1.44. The molecule has 0 spiro atoms. The normalized spacial score (nSPS) is 10.4. The molecule has 1 aromatic carbocycles. The summed E-state index contributed by atoms with van der Waals surface area (Å²) >= 11 is 4.65. The molecule has 0 saturated carbocycles. The van der Waals surface area contributed by atoms with Gasteiger partial charge < -0.3 is 4.74 Å². The lowest BCUT2D eigenvalue weighted by molar-refractivity contribution is 0.242. The molecule has 0 atom stereocenters. The molecule has 0 amide bonds. The third kappa shape index (κ3) is 2.89. The van der Waals surface area contributed by atoms with Crippen molar-refractivity contribution < 1.29 is 4.74 Å². The van der Waals surface area contributed by atoms with Crippen LogP contribution in [0.2, 0.25) is 0 Å². The van der Waals surface area contributed by atoms with E-state index >= 15 is 0 Å². The molecule has 2 aromatic rings. The minimum absolute atomic E-state index is 0.162. The minimum Gasteiger partial charge on any atom is -0.491 e. The van der Waals surface area contributed by atoms with Gasteiger partial charge in [0.2, 0.25) is 0 Å². The van der Waals surface area contributed by atoms with E-state index in [9.17, 15) is 0 Å². The highest BCUT2D eigenvalue weighted by Crippen LogP contribution is 2.31. The number of benzene rings is 1. The fraction of sp³-hybridized carbons (Fsp3) is 0.231. The maximum atomic E-state index is 8.89. The summed E-state index contributed by atoms with van der Waals surface area (Å²) in [6, 6.07) is 9.83. The van der Waals surface area contributed by atoms with E-state index < -0.39 is 0 Å². The standard InChI is InChI=1S/C13H11BrN2OS/c1-8(2)17-10-5-3-9(4-6-10)13-16-12(14)11(7-15)18-13/h3-6,8H,1-2H3. The van der Waals surface area contributed by atoms with E-state index in [2.05, 4.69) is 27.0 Å². The lowest BCUT2D eigenvalue weighted by atomic mass is 10.2. The van der Waals surface area contributed by atoms with Crippen LogP contribution in [0.5, 0.6) is 5.75 Å². The molecular formula is C13H11BrN2OS. The fourth-order valence-corrected chi connectivity index (χ4v) is 2.83. The quantitative estimate of drug-likeness (QED) is 0.849. The number of ether oxygens (including phenoxy) is 1. The summed E-state index contributed by atoms with van der Waals surface area (Å²) in [5, 5.41) is 9.72. The van der Waals surface area contributed by atoms with E-state index in [4.69, 9.17) is 10.00 Å². The SMILES string of the molecule is CC(C)Oc1ccc(-c2nc(Br)c(C#N)s2)cc1. The zero-order valence-electron chi connectivity index (χ0n) is 9.98. The Morgan fingerprint density at radius 3 is 2.50 bits per heavy atom. The van der Waals surface area contributed by atoms with Gasteiger partial charge in [-0.05, 0) is 54.0 Å². The van der Waals surface area contributed by atoms with Crippen molar-refractivity contribution in [2.24, 2.45) is 0 Å². The number of hydrogen-bond acceptors (Lipinski definition) is 4. The Labute approximate surface area is 118 Å². The first-order chi connectivity index (χ1) is 8.60. The summed E-state index contributed by atoms with van der Waals surface area (Å²) in [6.07, 6.45) is 0.162. The molecule has 1 aromatic heterocycles. The molecule has 0 aliphatic rings. The number of nitrogens with zero attached hydrogens (tertiary/aromatic N) is 2. The van der Waals surface area contributed by atoms with Crippen molar-refractivity contribution >= 4 is 27.3 Å². The molecule has 0 fully saturated rings. The highest BCUT2D eigenvalue weighted by Gasteiger charge is 2.10. The van der Waals surface area contributed by atoms with Gasteiger partial charge in [-0.3, -0.25) is 0 Å². The summed E-state index contributed by atoms with van der Waals surface area (Å²) in [6.45, 7) is 3.98. The molecule has 0 N–H and O–H groups in total. The first kappa shape index (κ1) is 13.1. The zero-order valence-corrected chi connectivity index (χ0v) is 12.4. The summed E-state index contributed by atoms with van der Waals surface area (Å²) in [5.74, 6) is 0.838.